The summed E-state index contributed by atoms with van der Waals surface area (Å²) >= 11 is 0. The lowest BCUT2D eigenvalue weighted by Crippen LogP contribution is -2.28. The summed E-state index contributed by atoms with van der Waals surface area (Å²) in [5, 5.41) is 2.85. The number of nitrogens with one attached hydrogen (secondary N) is 1. The van der Waals surface area contributed by atoms with Crippen molar-refractivity contribution in [1.29, 1.82) is 0 Å². The number of carbonyl (C=O) groups excluding carboxylic acids is 2. The van der Waals surface area contributed by atoms with Crippen LogP contribution in [0.25, 0.3) is 0 Å². The molecule has 1 N–H and O–H groups in total. The third-order valence-corrected chi connectivity index (χ3v) is 4.46. The van der Waals surface area contributed by atoms with E-state index in [1.54, 1.807) is 18.2 Å². The van der Waals surface area contributed by atoms with E-state index in [1.807, 2.05) is 32.0 Å². The Hall–Kier alpha value is -3.02. The summed E-state index contributed by atoms with van der Waals surface area (Å²) in [5.74, 6) is 1.86. The second kappa shape index (κ2) is 11.1. The van der Waals surface area contributed by atoms with Crippen molar-refractivity contribution in [2.45, 2.75) is 33.6 Å². The number of ketones is 1. The van der Waals surface area contributed by atoms with Crippen LogP contribution in [-0.2, 0) is 4.79 Å². The minimum atomic E-state index is -0.0439. The molecule has 1 amide bonds. The van der Waals surface area contributed by atoms with Gasteiger partial charge in [0.05, 0.1) is 20.3 Å². The standard InChI is InChI=1S/C23H29NO5/c1-16-7-5-8-17(2)23(16)29-14-12-24-22(26)9-6-13-28-20-11-10-19(18(3)25)15-21(20)27-4/h5,7-8,10-11,15H,6,9,12-14H2,1-4H3,(H,24,26). The molecule has 0 unspecified atom stereocenters. The monoisotopic (exact) mass is 399 g/mol. The molecule has 0 aliphatic heterocycles. The molecule has 6 heteroatoms. The number of para-hydroxylation sites is 1. The number of Topliss-reactive ketones (excluding diaryl/α,β-unsaturated/α-hetero) is 1. The van der Waals surface area contributed by atoms with Gasteiger partial charge < -0.3 is 19.5 Å². The van der Waals surface area contributed by atoms with Crippen LogP contribution in [0.15, 0.2) is 36.4 Å². The van der Waals surface area contributed by atoms with E-state index in [4.69, 9.17) is 14.2 Å². The largest absolute Gasteiger partial charge is 0.493 e. The van der Waals surface area contributed by atoms with Crippen LogP contribution in [-0.4, -0.2) is 38.6 Å². The Balaban J connectivity index is 1.67. The van der Waals surface area contributed by atoms with Crippen molar-refractivity contribution in [3.05, 3.63) is 53.1 Å². The molecule has 0 radical (unpaired) electrons. The molecule has 0 saturated heterocycles. The van der Waals surface area contributed by atoms with Crippen LogP contribution in [0.1, 0.15) is 41.3 Å². The van der Waals surface area contributed by atoms with Crippen molar-refractivity contribution in [2.75, 3.05) is 26.9 Å². The summed E-state index contributed by atoms with van der Waals surface area (Å²) in [6.07, 6.45) is 0.929. The molecule has 0 aliphatic rings. The number of carbonyl (C=O) groups is 2. The second-order valence-electron chi connectivity index (χ2n) is 6.79. The SMILES string of the molecule is COc1cc(C(C)=O)ccc1OCCCC(=O)NCCOc1c(C)cccc1C. The molecule has 0 bridgehead atoms. The number of amides is 1. The van der Waals surface area contributed by atoms with E-state index in [1.165, 1.54) is 14.0 Å². The zero-order valence-electron chi connectivity index (χ0n) is 17.5. The van der Waals surface area contributed by atoms with E-state index in [-0.39, 0.29) is 11.7 Å². The first-order valence-electron chi connectivity index (χ1n) is 9.70. The topological polar surface area (TPSA) is 73.9 Å². The minimum Gasteiger partial charge on any atom is -0.493 e. The third-order valence-electron chi connectivity index (χ3n) is 4.46. The van der Waals surface area contributed by atoms with Gasteiger partial charge >= 0.3 is 0 Å². The lowest BCUT2D eigenvalue weighted by Gasteiger charge is -2.13. The molecule has 29 heavy (non-hydrogen) atoms. The Morgan fingerprint density at radius 3 is 2.34 bits per heavy atom. The van der Waals surface area contributed by atoms with Crippen LogP contribution in [0, 0.1) is 13.8 Å². The fourth-order valence-electron chi connectivity index (χ4n) is 2.88. The number of benzene rings is 2. The smallest absolute Gasteiger partial charge is 0.220 e. The van der Waals surface area contributed by atoms with Crippen molar-refractivity contribution >= 4 is 11.7 Å². The Morgan fingerprint density at radius 1 is 0.966 bits per heavy atom. The predicted octanol–water partition coefficient (Wildman–Crippen LogP) is 3.87. The fourth-order valence-corrected chi connectivity index (χ4v) is 2.88. The summed E-state index contributed by atoms with van der Waals surface area (Å²) in [7, 11) is 1.53. The average Bonchev–Trinajstić information content (AvgIpc) is 2.70. The van der Waals surface area contributed by atoms with Crippen LogP contribution in [0.4, 0.5) is 0 Å². The van der Waals surface area contributed by atoms with Gasteiger partial charge in [0, 0.05) is 12.0 Å². The lowest BCUT2D eigenvalue weighted by atomic mass is 10.1. The molecule has 0 aromatic heterocycles. The maximum atomic E-state index is 12.0. The van der Waals surface area contributed by atoms with Gasteiger partial charge in [-0.3, -0.25) is 9.59 Å². The highest BCUT2D eigenvalue weighted by Gasteiger charge is 2.09. The van der Waals surface area contributed by atoms with Gasteiger partial charge in [0.25, 0.3) is 0 Å². The van der Waals surface area contributed by atoms with Crippen LogP contribution < -0.4 is 19.5 Å². The molecular formula is C23H29NO5. The average molecular weight is 399 g/mol. The van der Waals surface area contributed by atoms with Crippen molar-refractivity contribution in [2.24, 2.45) is 0 Å². The number of methoxy groups -OCH3 is 1. The molecule has 0 atom stereocenters. The van der Waals surface area contributed by atoms with Crippen LogP contribution in [0.3, 0.4) is 0 Å². The van der Waals surface area contributed by atoms with Gasteiger partial charge in [-0.15, -0.1) is 0 Å². The Bertz CT molecular complexity index is 827. The maximum Gasteiger partial charge on any atom is 0.220 e. The molecule has 2 rings (SSSR count). The number of ether oxygens (including phenoxy) is 3. The quantitative estimate of drug-likeness (QED) is 0.459. The molecule has 6 nitrogen and oxygen atoms in total. The first-order chi connectivity index (χ1) is 13.9. The molecular weight excluding hydrogens is 370 g/mol. The van der Waals surface area contributed by atoms with Crippen molar-refractivity contribution in [1.82, 2.24) is 5.32 Å². The van der Waals surface area contributed by atoms with Gasteiger partial charge in [0.1, 0.15) is 12.4 Å². The van der Waals surface area contributed by atoms with E-state index in [0.717, 1.165) is 16.9 Å². The molecule has 0 heterocycles. The predicted molar refractivity (Wildman–Crippen MR) is 112 cm³/mol. The fraction of sp³-hybridized carbons (Fsp3) is 0.391. The molecule has 0 fully saturated rings. The number of rotatable bonds is 11. The van der Waals surface area contributed by atoms with Crippen LogP contribution >= 0.6 is 0 Å². The Morgan fingerprint density at radius 2 is 1.69 bits per heavy atom. The molecule has 2 aromatic rings. The summed E-state index contributed by atoms with van der Waals surface area (Å²) in [5.41, 5.74) is 2.73. The van der Waals surface area contributed by atoms with Crippen LogP contribution in [0.2, 0.25) is 0 Å². The zero-order valence-corrected chi connectivity index (χ0v) is 17.5. The third kappa shape index (κ3) is 6.82. The summed E-state index contributed by atoms with van der Waals surface area (Å²) in [6, 6.07) is 11.1. The number of hydrogen-bond acceptors (Lipinski definition) is 5. The first kappa shape index (κ1) is 22.3. The zero-order chi connectivity index (χ0) is 21.2. The highest BCUT2D eigenvalue weighted by atomic mass is 16.5. The summed E-state index contributed by atoms with van der Waals surface area (Å²) in [4.78, 5) is 23.4. The van der Waals surface area contributed by atoms with E-state index >= 15 is 0 Å². The van der Waals surface area contributed by atoms with Gasteiger partial charge in [0.15, 0.2) is 17.3 Å². The van der Waals surface area contributed by atoms with Gasteiger partial charge in [-0.25, -0.2) is 0 Å². The van der Waals surface area contributed by atoms with Gasteiger partial charge in [-0.1, -0.05) is 18.2 Å². The molecule has 156 valence electrons. The van der Waals surface area contributed by atoms with Gasteiger partial charge in [-0.2, -0.15) is 0 Å². The lowest BCUT2D eigenvalue weighted by molar-refractivity contribution is -0.121. The van der Waals surface area contributed by atoms with E-state index in [0.29, 0.717) is 49.7 Å². The highest BCUT2D eigenvalue weighted by molar-refractivity contribution is 5.94. The second-order valence-corrected chi connectivity index (χ2v) is 6.79. The normalized spacial score (nSPS) is 10.3. The highest BCUT2D eigenvalue weighted by Crippen LogP contribution is 2.28. The van der Waals surface area contributed by atoms with Crippen molar-refractivity contribution in [3.8, 4) is 17.2 Å². The number of aryl methyl sites for hydroxylation is 2. The number of hydrogen-bond donors (Lipinski definition) is 1. The molecule has 2 aromatic carbocycles. The Kier molecular flexibility index (Phi) is 8.52. The van der Waals surface area contributed by atoms with E-state index < -0.39 is 0 Å². The Labute approximate surface area is 172 Å². The van der Waals surface area contributed by atoms with Gasteiger partial charge in [-0.05, 0) is 56.5 Å². The minimum absolute atomic E-state index is 0.0342. The molecule has 0 aliphatic carbocycles. The van der Waals surface area contributed by atoms with Crippen molar-refractivity contribution in [3.63, 3.8) is 0 Å². The summed E-state index contributed by atoms with van der Waals surface area (Å²) < 4.78 is 16.7. The molecule has 0 spiro atoms. The van der Waals surface area contributed by atoms with E-state index in [9.17, 15) is 9.59 Å². The van der Waals surface area contributed by atoms with E-state index in [2.05, 4.69) is 5.32 Å². The summed E-state index contributed by atoms with van der Waals surface area (Å²) in [6.45, 7) is 6.76. The van der Waals surface area contributed by atoms with Gasteiger partial charge in [0.2, 0.25) is 5.91 Å². The maximum absolute atomic E-state index is 12.0. The van der Waals surface area contributed by atoms with Crippen LogP contribution in [0.5, 0.6) is 17.2 Å². The molecule has 0 saturated carbocycles. The first-order valence-corrected chi connectivity index (χ1v) is 9.70. The van der Waals surface area contributed by atoms with Crippen molar-refractivity contribution < 1.29 is 23.8 Å².